The number of amides is 1. The number of carbonyl (C=O) groups is 1. The number of hydrogen-bond donors (Lipinski definition) is 1. The van der Waals surface area contributed by atoms with Gasteiger partial charge in [-0.2, -0.15) is 0 Å². The fourth-order valence-electron chi connectivity index (χ4n) is 2.53. The van der Waals surface area contributed by atoms with Gasteiger partial charge in [-0.1, -0.05) is 18.2 Å². The molecule has 0 radical (unpaired) electrons. The SMILES string of the molecule is CCOc1ccccc1C(C)NCCCN(CC)C(=O)OC(C)(C)C. The van der Waals surface area contributed by atoms with Crippen LogP contribution >= 0.6 is 0 Å². The molecule has 1 aromatic carbocycles. The lowest BCUT2D eigenvalue weighted by atomic mass is 10.1. The summed E-state index contributed by atoms with van der Waals surface area (Å²) in [6.07, 6.45) is 0.624. The Morgan fingerprint density at radius 1 is 1.24 bits per heavy atom. The van der Waals surface area contributed by atoms with E-state index < -0.39 is 5.60 Å². The van der Waals surface area contributed by atoms with Crippen LogP contribution in [0.5, 0.6) is 5.75 Å². The molecule has 1 atom stereocenters. The zero-order valence-corrected chi connectivity index (χ0v) is 16.6. The highest BCUT2D eigenvalue weighted by Crippen LogP contribution is 2.24. The summed E-state index contributed by atoms with van der Waals surface area (Å²) in [6, 6.07) is 8.29. The summed E-state index contributed by atoms with van der Waals surface area (Å²) in [5.41, 5.74) is 0.698. The molecule has 1 aromatic rings. The van der Waals surface area contributed by atoms with Crippen molar-refractivity contribution < 1.29 is 14.3 Å². The van der Waals surface area contributed by atoms with Gasteiger partial charge in [0.05, 0.1) is 6.61 Å². The normalized spacial score (nSPS) is 12.6. The van der Waals surface area contributed by atoms with Gasteiger partial charge < -0.3 is 19.7 Å². The molecule has 0 fully saturated rings. The van der Waals surface area contributed by atoms with Crippen molar-refractivity contribution in [2.24, 2.45) is 0 Å². The van der Waals surface area contributed by atoms with E-state index in [9.17, 15) is 4.79 Å². The van der Waals surface area contributed by atoms with E-state index in [-0.39, 0.29) is 12.1 Å². The van der Waals surface area contributed by atoms with Gasteiger partial charge in [0.25, 0.3) is 0 Å². The maximum Gasteiger partial charge on any atom is 0.410 e. The molecule has 0 aromatic heterocycles. The fourth-order valence-corrected chi connectivity index (χ4v) is 2.53. The second-order valence-electron chi connectivity index (χ2n) is 7.06. The van der Waals surface area contributed by atoms with Gasteiger partial charge in [-0.25, -0.2) is 4.79 Å². The average Bonchev–Trinajstić information content (AvgIpc) is 2.53. The molecule has 25 heavy (non-hydrogen) atoms. The third kappa shape index (κ3) is 7.78. The van der Waals surface area contributed by atoms with Gasteiger partial charge in [0.2, 0.25) is 0 Å². The summed E-state index contributed by atoms with van der Waals surface area (Å²) in [4.78, 5) is 13.9. The van der Waals surface area contributed by atoms with Crippen LogP contribution < -0.4 is 10.1 Å². The van der Waals surface area contributed by atoms with Gasteiger partial charge in [-0.05, 0) is 60.6 Å². The lowest BCUT2D eigenvalue weighted by molar-refractivity contribution is 0.0258. The number of nitrogens with one attached hydrogen (secondary N) is 1. The molecule has 0 saturated carbocycles. The minimum atomic E-state index is -0.458. The van der Waals surface area contributed by atoms with Crippen LogP contribution in [0.3, 0.4) is 0 Å². The summed E-state index contributed by atoms with van der Waals surface area (Å²) in [5, 5.41) is 3.51. The van der Waals surface area contributed by atoms with Gasteiger partial charge in [0.15, 0.2) is 0 Å². The highest BCUT2D eigenvalue weighted by molar-refractivity contribution is 5.68. The molecule has 0 bridgehead atoms. The van der Waals surface area contributed by atoms with Crippen molar-refractivity contribution in [3.8, 4) is 5.75 Å². The van der Waals surface area contributed by atoms with Gasteiger partial charge >= 0.3 is 6.09 Å². The molecular formula is C20H34N2O3. The molecule has 1 amide bonds. The first-order chi connectivity index (χ1) is 11.8. The maximum absolute atomic E-state index is 12.1. The Hall–Kier alpha value is -1.75. The van der Waals surface area contributed by atoms with Gasteiger partial charge in [-0.15, -0.1) is 0 Å². The molecule has 1 unspecified atom stereocenters. The van der Waals surface area contributed by atoms with E-state index in [0.29, 0.717) is 19.7 Å². The quantitative estimate of drug-likeness (QED) is 0.671. The number of carbonyl (C=O) groups excluding carboxylic acids is 1. The van der Waals surface area contributed by atoms with Gasteiger partial charge in [0, 0.05) is 24.7 Å². The molecule has 1 rings (SSSR count). The maximum atomic E-state index is 12.1. The van der Waals surface area contributed by atoms with Gasteiger partial charge in [-0.3, -0.25) is 0 Å². The number of ether oxygens (including phenoxy) is 2. The monoisotopic (exact) mass is 350 g/mol. The molecule has 5 heteroatoms. The van der Waals surface area contributed by atoms with Crippen molar-refractivity contribution in [3.05, 3.63) is 29.8 Å². The second kappa shape index (κ2) is 10.3. The van der Waals surface area contributed by atoms with Crippen LogP contribution in [-0.2, 0) is 4.74 Å². The topological polar surface area (TPSA) is 50.8 Å². The van der Waals surface area contributed by atoms with Crippen LogP contribution in [0.1, 0.15) is 59.6 Å². The predicted octanol–water partition coefficient (Wildman–Crippen LogP) is 4.38. The molecule has 0 heterocycles. The molecule has 1 N–H and O–H groups in total. The van der Waals surface area contributed by atoms with Crippen LogP contribution in [-0.4, -0.2) is 42.8 Å². The van der Waals surface area contributed by atoms with Gasteiger partial charge in [0.1, 0.15) is 11.4 Å². The first kappa shape index (κ1) is 21.3. The zero-order chi connectivity index (χ0) is 18.9. The third-order valence-electron chi connectivity index (χ3n) is 3.77. The van der Waals surface area contributed by atoms with E-state index in [0.717, 1.165) is 24.3 Å². The van der Waals surface area contributed by atoms with Crippen molar-refractivity contribution in [1.29, 1.82) is 0 Å². The third-order valence-corrected chi connectivity index (χ3v) is 3.77. The molecule has 142 valence electrons. The van der Waals surface area contributed by atoms with E-state index in [1.807, 2.05) is 52.8 Å². The Morgan fingerprint density at radius 2 is 1.92 bits per heavy atom. The highest BCUT2D eigenvalue weighted by atomic mass is 16.6. The standard InChI is InChI=1S/C20H34N2O3/c1-7-22(19(23)25-20(4,5)6)15-11-14-21-16(3)17-12-9-10-13-18(17)24-8-2/h9-10,12-13,16,21H,7-8,11,14-15H2,1-6H3. The molecule has 0 saturated heterocycles. The van der Waals surface area contributed by atoms with E-state index in [1.165, 1.54) is 0 Å². The molecular weight excluding hydrogens is 316 g/mol. The second-order valence-corrected chi connectivity index (χ2v) is 7.06. The average molecular weight is 351 g/mol. The van der Waals surface area contributed by atoms with Crippen molar-refractivity contribution in [1.82, 2.24) is 10.2 Å². The molecule has 5 nitrogen and oxygen atoms in total. The summed E-state index contributed by atoms with van der Waals surface area (Å²) >= 11 is 0. The van der Waals surface area contributed by atoms with Crippen LogP contribution in [0, 0.1) is 0 Å². The van der Waals surface area contributed by atoms with Crippen LogP contribution in [0.2, 0.25) is 0 Å². The molecule has 0 aliphatic rings. The summed E-state index contributed by atoms with van der Waals surface area (Å²) < 4.78 is 11.1. The number of hydrogen-bond acceptors (Lipinski definition) is 4. The summed E-state index contributed by atoms with van der Waals surface area (Å²) in [5.74, 6) is 0.925. The lowest BCUT2D eigenvalue weighted by Gasteiger charge is -2.26. The number of benzene rings is 1. The number of para-hydroxylation sites is 1. The van der Waals surface area contributed by atoms with E-state index in [4.69, 9.17) is 9.47 Å². The minimum absolute atomic E-state index is 0.194. The number of nitrogens with zero attached hydrogens (tertiary/aromatic N) is 1. The Kier molecular flexibility index (Phi) is 8.76. The van der Waals surface area contributed by atoms with Crippen LogP contribution in [0.4, 0.5) is 4.79 Å². The Morgan fingerprint density at radius 3 is 2.52 bits per heavy atom. The fraction of sp³-hybridized carbons (Fsp3) is 0.650. The van der Waals surface area contributed by atoms with Crippen LogP contribution in [0.15, 0.2) is 24.3 Å². The predicted molar refractivity (Wildman–Crippen MR) is 102 cm³/mol. The highest BCUT2D eigenvalue weighted by Gasteiger charge is 2.20. The Balaban J connectivity index is 2.45. The van der Waals surface area contributed by atoms with E-state index >= 15 is 0 Å². The summed E-state index contributed by atoms with van der Waals surface area (Å²) in [7, 11) is 0. The molecule has 0 aliphatic carbocycles. The van der Waals surface area contributed by atoms with E-state index in [1.54, 1.807) is 4.90 Å². The Bertz CT molecular complexity index is 526. The van der Waals surface area contributed by atoms with Crippen molar-refractivity contribution in [2.75, 3.05) is 26.2 Å². The van der Waals surface area contributed by atoms with Crippen molar-refractivity contribution >= 4 is 6.09 Å². The summed E-state index contributed by atoms with van der Waals surface area (Å²) in [6.45, 7) is 14.6. The largest absolute Gasteiger partial charge is 0.494 e. The van der Waals surface area contributed by atoms with E-state index in [2.05, 4.69) is 18.3 Å². The minimum Gasteiger partial charge on any atom is -0.494 e. The van der Waals surface area contributed by atoms with Crippen molar-refractivity contribution in [2.45, 2.75) is 59.6 Å². The zero-order valence-electron chi connectivity index (χ0n) is 16.6. The smallest absolute Gasteiger partial charge is 0.410 e. The first-order valence-electron chi connectivity index (χ1n) is 9.21. The lowest BCUT2D eigenvalue weighted by Crippen LogP contribution is -2.38. The molecule has 0 spiro atoms. The first-order valence-corrected chi connectivity index (χ1v) is 9.21. The number of rotatable bonds is 9. The Labute approximate surface area is 152 Å². The van der Waals surface area contributed by atoms with Crippen molar-refractivity contribution in [3.63, 3.8) is 0 Å². The van der Waals surface area contributed by atoms with Crippen LogP contribution in [0.25, 0.3) is 0 Å². The molecule has 0 aliphatic heterocycles.